The number of nitrogens with zero attached hydrogens (tertiary/aromatic N) is 1. The summed E-state index contributed by atoms with van der Waals surface area (Å²) < 4.78 is 0.492. The molecule has 0 amide bonds. The van der Waals surface area contributed by atoms with Crippen LogP contribution in [0.15, 0.2) is 5.57 Å². The summed E-state index contributed by atoms with van der Waals surface area (Å²) in [6, 6.07) is 0. The molecule has 17 heavy (non-hydrogen) atoms. The molecule has 0 saturated carbocycles. The van der Waals surface area contributed by atoms with E-state index in [0.29, 0.717) is 15.5 Å². The molecule has 1 N–H and O–H groups in total. The van der Waals surface area contributed by atoms with Gasteiger partial charge >= 0.3 is 0 Å². The highest BCUT2D eigenvalue weighted by atomic mass is 35.5. The Balaban J connectivity index is 2.79. The molecule has 1 heterocycles. The van der Waals surface area contributed by atoms with Gasteiger partial charge in [-0.1, -0.05) is 49.5 Å². The number of aromatic nitrogens is 1. The first-order chi connectivity index (χ1) is 8.04. The van der Waals surface area contributed by atoms with Gasteiger partial charge in [0.05, 0.1) is 4.88 Å². The third-order valence-corrected chi connectivity index (χ3v) is 3.90. The van der Waals surface area contributed by atoms with Crippen molar-refractivity contribution in [1.82, 2.24) is 10.3 Å². The van der Waals surface area contributed by atoms with E-state index in [2.05, 4.69) is 37.1 Å². The van der Waals surface area contributed by atoms with Crippen LogP contribution in [0, 0.1) is 5.92 Å². The fourth-order valence-electron chi connectivity index (χ4n) is 1.38. The Hall–Kier alpha value is -0.0900. The Morgan fingerprint density at radius 2 is 2.18 bits per heavy atom. The van der Waals surface area contributed by atoms with Gasteiger partial charge in [0.1, 0.15) is 5.15 Å². The molecule has 0 aliphatic carbocycles. The van der Waals surface area contributed by atoms with Crippen LogP contribution in [0.1, 0.15) is 32.1 Å². The molecule has 1 aromatic rings. The van der Waals surface area contributed by atoms with Crippen molar-refractivity contribution in [3.63, 3.8) is 0 Å². The van der Waals surface area contributed by atoms with Gasteiger partial charge in [0.25, 0.3) is 0 Å². The molecule has 5 heteroatoms. The Morgan fingerprint density at radius 1 is 1.47 bits per heavy atom. The van der Waals surface area contributed by atoms with Gasteiger partial charge in [0.2, 0.25) is 0 Å². The summed E-state index contributed by atoms with van der Waals surface area (Å²) in [4.78, 5) is 4.95. The Bertz CT molecular complexity index is 386. The van der Waals surface area contributed by atoms with E-state index in [4.69, 9.17) is 23.2 Å². The van der Waals surface area contributed by atoms with Crippen LogP contribution >= 0.6 is 34.5 Å². The lowest BCUT2D eigenvalue weighted by atomic mass is 10.0. The molecule has 96 valence electrons. The molecular weight excluding hydrogens is 275 g/mol. The molecule has 0 unspecified atom stereocenters. The van der Waals surface area contributed by atoms with Crippen LogP contribution in [0.4, 0.5) is 0 Å². The van der Waals surface area contributed by atoms with Gasteiger partial charge in [-0.05, 0) is 25.0 Å². The lowest BCUT2D eigenvalue weighted by molar-refractivity contribution is 0.657. The second-order valence-corrected chi connectivity index (χ2v) is 6.14. The van der Waals surface area contributed by atoms with Gasteiger partial charge < -0.3 is 5.32 Å². The molecule has 2 nitrogen and oxygen atoms in total. The van der Waals surface area contributed by atoms with Crippen molar-refractivity contribution < 1.29 is 0 Å². The number of rotatable bonds is 6. The molecule has 0 aromatic carbocycles. The first kappa shape index (κ1) is 15.0. The fourth-order valence-corrected chi connectivity index (χ4v) is 2.72. The molecule has 0 spiro atoms. The Morgan fingerprint density at radius 3 is 2.65 bits per heavy atom. The maximum atomic E-state index is 6.01. The van der Waals surface area contributed by atoms with Crippen LogP contribution in [0.3, 0.4) is 0 Å². The minimum atomic E-state index is 0.483. The molecule has 0 aliphatic heterocycles. The topological polar surface area (TPSA) is 24.9 Å². The lowest BCUT2D eigenvalue weighted by Crippen LogP contribution is -2.19. The summed E-state index contributed by atoms with van der Waals surface area (Å²) in [6.07, 6.45) is 3.23. The second kappa shape index (κ2) is 7.37. The van der Waals surface area contributed by atoms with Crippen molar-refractivity contribution in [2.24, 2.45) is 5.92 Å². The van der Waals surface area contributed by atoms with E-state index < -0.39 is 0 Å². The van der Waals surface area contributed by atoms with E-state index in [-0.39, 0.29) is 0 Å². The van der Waals surface area contributed by atoms with Gasteiger partial charge in [0, 0.05) is 6.54 Å². The smallest absolute Gasteiger partial charge is 0.185 e. The van der Waals surface area contributed by atoms with E-state index in [1.807, 2.05) is 0 Å². The van der Waals surface area contributed by atoms with Gasteiger partial charge in [-0.3, -0.25) is 0 Å². The number of halogens is 2. The van der Waals surface area contributed by atoms with Gasteiger partial charge in [-0.25, -0.2) is 4.98 Å². The Kier molecular flexibility index (Phi) is 6.49. The molecule has 0 atom stereocenters. The first-order valence-electron chi connectivity index (χ1n) is 5.77. The van der Waals surface area contributed by atoms with Crippen molar-refractivity contribution in [2.75, 3.05) is 13.1 Å². The van der Waals surface area contributed by atoms with Gasteiger partial charge in [-0.15, -0.1) is 11.3 Å². The van der Waals surface area contributed by atoms with E-state index in [0.717, 1.165) is 24.4 Å². The summed E-state index contributed by atoms with van der Waals surface area (Å²) in [6.45, 7) is 8.43. The minimum absolute atomic E-state index is 0.483. The first-order valence-corrected chi connectivity index (χ1v) is 7.34. The van der Waals surface area contributed by atoms with Crippen molar-refractivity contribution in [3.05, 3.63) is 20.1 Å². The maximum Gasteiger partial charge on any atom is 0.185 e. The Labute approximate surface area is 117 Å². The third-order valence-electron chi connectivity index (χ3n) is 2.40. The monoisotopic (exact) mass is 292 g/mol. The molecule has 0 radical (unpaired) electrons. The van der Waals surface area contributed by atoms with Crippen LogP contribution in [-0.4, -0.2) is 18.1 Å². The second-order valence-electron chi connectivity index (χ2n) is 4.17. The van der Waals surface area contributed by atoms with Gasteiger partial charge in [-0.2, -0.15) is 0 Å². The molecule has 0 saturated heterocycles. The fraction of sp³-hybridized carbons (Fsp3) is 0.583. The molecule has 1 aromatic heterocycles. The molecular formula is C12H18Cl2N2S. The maximum absolute atomic E-state index is 6.01. The number of nitrogens with one attached hydrogen (secondary N) is 1. The lowest BCUT2D eigenvalue weighted by Gasteiger charge is -2.12. The van der Waals surface area contributed by atoms with E-state index in [9.17, 15) is 0 Å². The van der Waals surface area contributed by atoms with E-state index in [1.165, 1.54) is 16.9 Å². The summed E-state index contributed by atoms with van der Waals surface area (Å²) in [7, 11) is 0. The highest BCUT2D eigenvalue weighted by Crippen LogP contribution is 2.29. The van der Waals surface area contributed by atoms with Crippen LogP contribution < -0.4 is 5.32 Å². The average molecular weight is 293 g/mol. The summed E-state index contributed by atoms with van der Waals surface area (Å²) in [5, 5.41) is 3.90. The zero-order valence-electron chi connectivity index (χ0n) is 10.4. The van der Waals surface area contributed by atoms with Crippen LogP contribution in [0.2, 0.25) is 9.62 Å². The number of hydrogen-bond donors (Lipinski definition) is 1. The largest absolute Gasteiger partial charge is 0.313 e. The molecule has 0 fully saturated rings. The number of thiazole rings is 1. The van der Waals surface area contributed by atoms with Crippen LogP contribution in [-0.2, 0) is 0 Å². The predicted molar refractivity (Wildman–Crippen MR) is 78.1 cm³/mol. The molecule has 0 aliphatic rings. The van der Waals surface area contributed by atoms with Crippen LogP contribution in [0.5, 0.6) is 0 Å². The summed E-state index contributed by atoms with van der Waals surface area (Å²) in [5.41, 5.74) is 1.32. The standard InChI is InChI=1S/C12H18Cl2N2S/c1-4-5-15-7-9(8(2)3)6-10-11(13)16-12(14)17-10/h6,8,15H,4-5,7H2,1-3H3. The minimum Gasteiger partial charge on any atom is -0.313 e. The highest BCUT2D eigenvalue weighted by molar-refractivity contribution is 7.17. The van der Waals surface area contributed by atoms with E-state index in [1.54, 1.807) is 0 Å². The highest BCUT2D eigenvalue weighted by Gasteiger charge is 2.09. The van der Waals surface area contributed by atoms with Crippen molar-refractivity contribution in [1.29, 1.82) is 0 Å². The zero-order valence-corrected chi connectivity index (χ0v) is 12.7. The van der Waals surface area contributed by atoms with Crippen molar-refractivity contribution in [2.45, 2.75) is 27.2 Å². The van der Waals surface area contributed by atoms with Crippen LogP contribution in [0.25, 0.3) is 6.08 Å². The summed E-state index contributed by atoms with van der Waals surface area (Å²) >= 11 is 13.3. The summed E-state index contributed by atoms with van der Waals surface area (Å²) in [5.74, 6) is 0.483. The van der Waals surface area contributed by atoms with Crippen molar-refractivity contribution >= 4 is 40.6 Å². The number of hydrogen-bond acceptors (Lipinski definition) is 3. The zero-order chi connectivity index (χ0) is 12.8. The average Bonchev–Trinajstić information content (AvgIpc) is 2.56. The van der Waals surface area contributed by atoms with Gasteiger partial charge in [0.15, 0.2) is 4.47 Å². The third kappa shape index (κ3) is 4.96. The molecule has 0 bridgehead atoms. The SMILES string of the molecule is CCCNCC(=Cc1sc(Cl)nc1Cl)C(C)C. The van der Waals surface area contributed by atoms with Crippen molar-refractivity contribution in [3.8, 4) is 0 Å². The molecule has 1 rings (SSSR count). The van der Waals surface area contributed by atoms with E-state index >= 15 is 0 Å². The predicted octanol–water partition coefficient (Wildman–Crippen LogP) is 4.49. The normalized spacial score (nSPS) is 12.5. The quantitative estimate of drug-likeness (QED) is 0.782.